The molecule has 2 aromatic carbocycles. The number of benzene rings is 2. The van der Waals surface area contributed by atoms with E-state index in [1.807, 2.05) is 55.5 Å². The van der Waals surface area contributed by atoms with Crippen molar-refractivity contribution in [3.05, 3.63) is 65.2 Å². The Bertz CT molecular complexity index is 919. The molecule has 0 spiro atoms. The molecule has 7 nitrogen and oxygen atoms in total. The van der Waals surface area contributed by atoms with Gasteiger partial charge in [0.2, 0.25) is 11.8 Å². The Morgan fingerprint density at radius 1 is 0.903 bits per heavy atom. The molecule has 3 N–H and O–H groups in total. The molecular weight excluding hydrogens is 394 g/mol. The topological polar surface area (TPSA) is 96.5 Å². The van der Waals surface area contributed by atoms with E-state index in [-0.39, 0.29) is 24.8 Å². The van der Waals surface area contributed by atoms with Crippen LogP contribution in [0.5, 0.6) is 0 Å². The fourth-order valence-corrected chi connectivity index (χ4v) is 2.85. The number of aryl methyl sites for hydroxylation is 1. The monoisotopic (exact) mass is 425 g/mol. The smallest absolute Gasteiger partial charge is 0.407 e. The van der Waals surface area contributed by atoms with E-state index in [0.717, 1.165) is 16.7 Å². The minimum Gasteiger partial charge on any atom is -0.444 e. The summed E-state index contributed by atoms with van der Waals surface area (Å²) in [6, 6.07) is 15.2. The van der Waals surface area contributed by atoms with E-state index in [4.69, 9.17) is 4.74 Å². The lowest BCUT2D eigenvalue weighted by atomic mass is 10.1. The van der Waals surface area contributed by atoms with Crippen LogP contribution in [0.25, 0.3) is 0 Å². The van der Waals surface area contributed by atoms with Crippen molar-refractivity contribution in [2.45, 2.75) is 52.7 Å². The molecule has 0 aliphatic carbocycles. The van der Waals surface area contributed by atoms with Gasteiger partial charge in [-0.1, -0.05) is 42.0 Å². The van der Waals surface area contributed by atoms with Gasteiger partial charge in [0.05, 0.1) is 6.42 Å². The van der Waals surface area contributed by atoms with Gasteiger partial charge in [-0.15, -0.1) is 0 Å². The lowest BCUT2D eigenvalue weighted by Crippen LogP contribution is -2.35. The van der Waals surface area contributed by atoms with Crippen LogP contribution >= 0.6 is 0 Å². The maximum absolute atomic E-state index is 12.3. The Labute approximate surface area is 183 Å². The highest BCUT2D eigenvalue weighted by atomic mass is 16.6. The first kappa shape index (κ1) is 23.9. The minimum absolute atomic E-state index is 0.0972. The Balaban J connectivity index is 1.75. The van der Waals surface area contributed by atoms with Gasteiger partial charge in [-0.3, -0.25) is 9.59 Å². The maximum Gasteiger partial charge on any atom is 0.407 e. The van der Waals surface area contributed by atoms with Crippen LogP contribution in [-0.2, 0) is 27.3 Å². The molecule has 0 heterocycles. The summed E-state index contributed by atoms with van der Waals surface area (Å²) in [4.78, 5) is 35.9. The van der Waals surface area contributed by atoms with Crippen molar-refractivity contribution in [1.82, 2.24) is 10.6 Å². The lowest BCUT2D eigenvalue weighted by Gasteiger charge is -2.19. The summed E-state index contributed by atoms with van der Waals surface area (Å²) < 4.78 is 5.12. The molecular formula is C24H31N3O4. The predicted octanol–water partition coefficient (Wildman–Crippen LogP) is 3.71. The number of carbonyl (C=O) groups is 3. The van der Waals surface area contributed by atoms with Crippen LogP contribution in [0, 0.1) is 6.92 Å². The minimum atomic E-state index is -0.577. The average molecular weight is 426 g/mol. The second kappa shape index (κ2) is 11.2. The van der Waals surface area contributed by atoms with E-state index in [9.17, 15) is 14.4 Å². The number of carbonyl (C=O) groups excluding carboxylic acids is 3. The van der Waals surface area contributed by atoms with Crippen molar-refractivity contribution in [3.63, 3.8) is 0 Å². The van der Waals surface area contributed by atoms with Crippen molar-refractivity contribution in [2.24, 2.45) is 0 Å². The van der Waals surface area contributed by atoms with E-state index < -0.39 is 11.7 Å². The first-order valence-corrected chi connectivity index (χ1v) is 10.3. The first-order chi connectivity index (χ1) is 14.6. The number of hydrogen-bond acceptors (Lipinski definition) is 4. The summed E-state index contributed by atoms with van der Waals surface area (Å²) in [7, 11) is 0. The number of rotatable bonds is 8. The molecule has 2 aromatic rings. The Morgan fingerprint density at radius 3 is 2.32 bits per heavy atom. The van der Waals surface area contributed by atoms with Gasteiger partial charge < -0.3 is 20.7 Å². The second-order valence-corrected chi connectivity index (χ2v) is 8.37. The molecule has 0 aliphatic rings. The SMILES string of the molecule is Cc1cccc(CC(=O)Nc2cccc(CNC(=O)CCNC(=O)OC(C)(C)C)c2)c1. The summed E-state index contributed by atoms with van der Waals surface area (Å²) in [5.74, 6) is -0.287. The number of amides is 3. The van der Waals surface area contributed by atoms with Crippen molar-refractivity contribution < 1.29 is 19.1 Å². The predicted molar refractivity (Wildman–Crippen MR) is 121 cm³/mol. The van der Waals surface area contributed by atoms with E-state index in [2.05, 4.69) is 16.0 Å². The lowest BCUT2D eigenvalue weighted by molar-refractivity contribution is -0.121. The molecule has 3 amide bonds. The van der Waals surface area contributed by atoms with Crippen LogP contribution in [0.2, 0.25) is 0 Å². The van der Waals surface area contributed by atoms with Gasteiger partial charge in [-0.05, 0) is 51.0 Å². The third-order valence-corrected chi connectivity index (χ3v) is 4.17. The fraction of sp³-hybridized carbons (Fsp3) is 0.375. The summed E-state index contributed by atoms with van der Waals surface area (Å²) in [5, 5.41) is 8.25. The van der Waals surface area contributed by atoms with Gasteiger partial charge in [0, 0.05) is 25.2 Å². The van der Waals surface area contributed by atoms with Crippen LogP contribution in [-0.4, -0.2) is 30.1 Å². The molecule has 7 heteroatoms. The van der Waals surface area contributed by atoms with Crippen molar-refractivity contribution in [1.29, 1.82) is 0 Å². The molecule has 166 valence electrons. The molecule has 0 unspecified atom stereocenters. The molecule has 0 saturated heterocycles. The molecule has 0 fully saturated rings. The van der Waals surface area contributed by atoms with Crippen molar-refractivity contribution in [2.75, 3.05) is 11.9 Å². The van der Waals surface area contributed by atoms with E-state index >= 15 is 0 Å². The molecule has 0 bridgehead atoms. The number of hydrogen-bond donors (Lipinski definition) is 3. The number of anilines is 1. The third-order valence-electron chi connectivity index (χ3n) is 4.17. The Hall–Kier alpha value is -3.35. The molecule has 0 aromatic heterocycles. The average Bonchev–Trinajstić information content (AvgIpc) is 2.65. The molecule has 0 saturated carbocycles. The van der Waals surface area contributed by atoms with Crippen molar-refractivity contribution in [3.8, 4) is 0 Å². The molecule has 2 rings (SSSR count). The Morgan fingerprint density at radius 2 is 1.61 bits per heavy atom. The summed E-state index contributed by atoms with van der Waals surface area (Å²) >= 11 is 0. The number of nitrogens with one attached hydrogen (secondary N) is 3. The van der Waals surface area contributed by atoms with Crippen LogP contribution in [0.4, 0.5) is 10.5 Å². The fourth-order valence-electron chi connectivity index (χ4n) is 2.85. The highest BCUT2D eigenvalue weighted by Crippen LogP contribution is 2.12. The highest BCUT2D eigenvalue weighted by Gasteiger charge is 2.15. The van der Waals surface area contributed by atoms with Crippen LogP contribution in [0.1, 0.15) is 43.9 Å². The molecule has 31 heavy (non-hydrogen) atoms. The first-order valence-electron chi connectivity index (χ1n) is 10.3. The van der Waals surface area contributed by atoms with Crippen LogP contribution < -0.4 is 16.0 Å². The normalized spacial score (nSPS) is 10.8. The van der Waals surface area contributed by atoms with Gasteiger partial charge in [0.1, 0.15) is 5.60 Å². The standard InChI is InChI=1S/C24H31N3O4/c1-17-7-5-8-18(13-17)15-22(29)27-20-10-6-9-19(14-20)16-26-21(28)11-12-25-23(30)31-24(2,3)4/h5-10,13-14H,11-12,15-16H2,1-4H3,(H,25,30)(H,26,28)(H,27,29). The van der Waals surface area contributed by atoms with Gasteiger partial charge in [0.25, 0.3) is 0 Å². The zero-order valence-corrected chi connectivity index (χ0v) is 18.6. The van der Waals surface area contributed by atoms with Gasteiger partial charge in [-0.2, -0.15) is 0 Å². The summed E-state index contributed by atoms with van der Waals surface area (Å²) in [6.45, 7) is 7.84. The van der Waals surface area contributed by atoms with Gasteiger partial charge in [0.15, 0.2) is 0 Å². The zero-order chi connectivity index (χ0) is 22.9. The Kier molecular flexibility index (Phi) is 8.61. The largest absolute Gasteiger partial charge is 0.444 e. The third kappa shape index (κ3) is 9.80. The summed E-state index contributed by atoms with van der Waals surface area (Å²) in [5.41, 5.74) is 3.04. The van der Waals surface area contributed by atoms with Crippen LogP contribution in [0.3, 0.4) is 0 Å². The number of ether oxygens (including phenoxy) is 1. The number of alkyl carbamates (subject to hydrolysis) is 1. The zero-order valence-electron chi connectivity index (χ0n) is 18.6. The highest BCUT2D eigenvalue weighted by molar-refractivity contribution is 5.92. The van der Waals surface area contributed by atoms with E-state index in [1.54, 1.807) is 20.8 Å². The quantitative estimate of drug-likeness (QED) is 0.601. The molecule has 0 atom stereocenters. The van der Waals surface area contributed by atoms with E-state index in [1.165, 1.54) is 0 Å². The molecule has 0 radical (unpaired) electrons. The van der Waals surface area contributed by atoms with Crippen molar-refractivity contribution >= 4 is 23.6 Å². The van der Waals surface area contributed by atoms with Crippen LogP contribution in [0.15, 0.2) is 48.5 Å². The van der Waals surface area contributed by atoms with E-state index in [0.29, 0.717) is 18.7 Å². The molecule has 0 aliphatic heterocycles. The summed E-state index contributed by atoms with van der Waals surface area (Å²) in [6.07, 6.45) is -0.103. The second-order valence-electron chi connectivity index (χ2n) is 8.37. The van der Waals surface area contributed by atoms with Gasteiger partial charge >= 0.3 is 6.09 Å². The van der Waals surface area contributed by atoms with Gasteiger partial charge in [-0.25, -0.2) is 4.79 Å². The maximum atomic E-state index is 12.3.